The smallest absolute Gasteiger partial charge is 0.410 e. The number of aliphatic hydroxyl groups is 1. The lowest BCUT2D eigenvalue weighted by Gasteiger charge is -2.41. The molecule has 0 aromatic heterocycles. The van der Waals surface area contributed by atoms with E-state index >= 15 is 0 Å². The maximum absolute atomic E-state index is 14.6. The average molecular weight is 975 g/mol. The first-order chi connectivity index (χ1) is 32.9. The summed E-state index contributed by atoms with van der Waals surface area (Å²) in [5.74, 6) is -0.570. The second kappa shape index (κ2) is 32.7. The Kier molecular flexibility index (Phi) is 28.9. The maximum atomic E-state index is 14.6. The molecule has 17 nitrogen and oxygen atoms in total. The number of benzene rings is 1. The van der Waals surface area contributed by atoms with E-state index in [4.69, 9.17) is 39.6 Å². The van der Waals surface area contributed by atoms with Crippen LogP contribution in [0.4, 0.5) is 4.79 Å². The molecular formula is C52H86N4O13. The summed E-state index contributed by atoms with van der Waals surface area (Å²) in [5, 5.41) is 13.8. The van der Waals surface area contributed by atoms with Crippen LogP contribution in [0.3, 0.4) is 0 Å². The molecule has 10 atom stereocenters. The Bertz CT molecular complexity index is 1710. The normalized spacial score (nSPS) is 17.8. The van der Waals surface area contributed by atoms with Crippen molar-refractivity contribution in [2.24, 2.45) is 29.6 Å². The molecule has 4 amide bonds. The molecule has 1 aromatic carbocycles. The number of methoxy groups -OCH3 is 2. The first-order valence-corrected chi connectivity index (χ1v) is 24.7. The number of ketones is 1. The number of aliphatic hydroxyl groups excluding tert-OH is 1. The number of hydrogen-bond acceptors (Lipinski definition) is 13. The van der Waals surface area contributed by atoms with Crippen molar-refractivity contribution in [1.29, 1.82) is 0 Å². The van der Waals surface area contributed by atoms with Crippen LogP contribution in [0, 0.1) is 41.9 Å². The number of likely N-dealkylation sites (tertiary alicyclic amines) is 1. The Morgan fingerprint density at radius 2 is 1.39 bits per heavy atom. The van der Waals surface area contributed by atoms with Crippen LogP contribution in [0.25, 0.3) is 0 Å². The lowest BCUT2D eigenvalue weighted by Crippen LogP contribution is -2.55. The predicted molar refractivity (Wildman–Crippen MR) is 263 cm³/mol. The van der Waals surface area contributed by atoms with Crippen LogP contribution in [0.15, 0.2) is 30.3 Å². The quantitative estimate of drug-likeness (QED) is 0.0680. The number of Topliss-reactive ketones (excluding diaryl/α,β-unsaturated/α-hetero) is 1. The summed E-state index contributed by atoms with van der Waals surface area (Å²) in [6.07, 6.45) is 4.15. The molecule has 0 spiro atoms. The van der Waals surface area contributed by atoms with Gasteiger partial charge in [-0.3, -0.25) is 19.2 Å². The van der Waals surface area contributed by atoms with Gasteiger partial charge in [0.2, 0.25) is 17.7 Å². The van der Waals surface area contributed by atoms with Gasteiger partial charge in [0.1, 0.15) is 13.2 Å². The summed E-state index contributed by atoms with van der Waals surface area (Å²) < 4.78 is 39.0. The summed E-state index contributed by atoms with van der Waals surface area (Å²) in [4.78, 5) is 74.6. The molecule has 1 heterocycles. The molecule has 1 aliphatic heterocycles. The van der Waals surface area contributed by atoms with E-state index in [0.29, 0.717) is 64.6 Å². The highest BCUT2D eigenvalue weighted by molar-refractivity contribution is 5.92. The SMILES string of the molecule is C#CCOCCOCCOCCOCCOC(=O)N(C)[C@H](C(=O)C[C@H](C(=O)N(C)[C@@H]([C@@H](C)CC)[C@@H](CC(=O)N1CCC[C@H]1[C@H](OC)[C@@H](C)C(=O)N[C@H](C)[C@@H](O)c1ccccc1)OC)C(C)C)C(C)C. The van der Waals surface area contributed by atoms with Crippen molar-refractivity contribution >= 4 is 29.6 Å². The third kappa shape index (κ3) is 19.5. The van der Waals surface area contributed by atoms with Crippen molar-refractivity contribution in [2.45, 2.75) is 130 Å². The number of hydrogen-bond donors (Lipinski definition) is 2. The number of rotatable bonds is 34. The van der Waals surface area contributed by atoms with Crippen molar-refractivity contribution in [1.82, 2.24) is 20.0 Å². The summed E-state index contributed by atoms with van der Waals surface area (Å²) in [6.45, 7) is 18.1. The zero-order valence-electron chi connectivity index (χ0n) is 43.7. The highest BCUT2D eigenvalue weighted by Crippen LogP contribution is 2.31. The number of carbonyl (C=O) groups is 5. The fraction of sp³-hybridized carbons (Fsp3) is 0.750. The zero-order valence-corrected chi connectivity index (χ0v) is 43.7. The van der Waals surface area contributed by atoms with Crippen molar-refractivity contribution in [3.63, 3.8) is 0 Å². The van der Waals surface area contributed by atoms with Crippen LogP contribution in [-0.2, 0) is 52.3 Å². The monoisotopic (exact) mass is 975 g/mol. The standard InChI is InChI=1S/C52H86N4O13/c1-14-24-65-25-26-66-27-28-67-29-30-68-31-32-69-52(62)55(11)46(36(5)6)43(57)33-41(35(3)4)51(61)54(10)47(37(7)15-2)44(63-12)34-45(58)56-23-19-22-42(56)49(64-13)38(8)50(60)53-39(9)48(59)40-20-17-16-18-21-40/h1,16-18,20-21,35-39,41-42,44,46-49,59H,15,19,22-34H2,2-13H3,(H,53,60)/t37-,38+,39+,41-,42-,44+,46-,47-,48+,49+/m0/s1. The number of nitrogens with zero attached hydrogens (tertiary/aromatic N) is 3. The van der Waals surface area contributed by atoms with Gasteiger partial charge in [0.05, 0.1) is 101 Å². The zero-order chi connectivity index (χ0) is 51.6. The van der Waals surface area contributed by atoms with Gasteiger partial charge in [0.25, 0.3) is 0 Å². The lowest BCUT2D eigenvalue weighted by atomic mass is 9.83. The highest BCUT2D eigenvalue weighted by atomic mass is 16.6. The fourth-order valence-corrected chi connectivity index (χ4v) is 9.12. The minimum absolute atomic E-state index is 0.0235. The van der Waals surface area contributed by atoms with E-state index in [1.165, 1.54) is 26.2 Å². The largest absolute Gasteiger partial charge is 0.447 e. The van der Waals surface area contributed by atoms with Gasteiger partial charge in [0, 0.05) is 47.2 Å². The molecule has 2 N–H and O–H groups in total. The molecule has 1 aromatic rings. The van der Waals surface area contributed by atoms with Crippen LogP contribution in [0.5, 0.6) is 0 Å². The molecule has 0 saturated carbocycles. The minimum atomic E-state index is -0.905. The Balaban J connectivity index is 2.08. The summed E-state index contributed by atoms with van der Waals surface area (Å²) in [7, 11) is 6.31. The van der Waals surface area contributed by atoms with Crippen LogP contribution >= 0.6 is 0 Å². The lowest BCUT2D eigenvalue weighted by molar-refractivity contribution is -0.149. The number of amides is 4. The summed E-state index contributed by atoms with van der Waals surface area (Å²) >= 11 is 0. The second-order valence-electron chi connectivity index (χ2n) is 18.8. The van der Waals surface area contributed by atoms with E-state index in [1.807, 2.05) is 59.7 Å². The Morgan fingerprint density at radius 1 is 0.812 bits per heavy atom. The molecule has 0 unspecified atom stereocenters. The van der Waals surface area contributed by atoms with Crippen molar-refractivity contribution in [3.8, 4) is 12.3 Å². The van der Waals surface area contributed by atoms with E-state index in [1.54, 1.807) is 42.8 Å². The van der Waals surface area contributed by atoms with E-state index in [-0.39, 0.29) is 80.0 Å². The van der Waals surface area contributed by atoms with Crippen molar-refractivity contribution in [2.75, 3.05) is 94.3 Å². The van der Waals surface area contributed by atoms with Crippen molar-refractivity contribution < 1.29 is 62.2 Å². The fourth-order valence-electron chi connectivity index (χ4n) is 9.12. The van der Waals surface area contributed by atoms with Gasteiger partial charge in [-0.15, -0.1) is 6.42 Å². The predicted octanol–water partition coefficient (Wildman–Crippen LogP) is 5.17. The van der Waals surface area contributed by atoms with E-state index in [0.717, 1.165) is 6.42 Å². The van der Waals surface area contributed by atoms with E-state index in [9.17, 15) is 29.1 Å². The number of carbonyl (C=O) groups excluding carboxylic acids is 5. The van der Waals surface area contributed by atoms with Gasteiger partial charge in [-0.25, -0.2) is 4.79 Å². The van der Waals surface area contributed by atoms with Gasteiger partial charge in [0.15, 0.2) is 5.78 Å². The first kappa shape index (κ1) is 61.0. The molecule has 2 rings (SSSR count). The van der Waals surface area contributed by atoms with Gasteiger partial charge in [-0.1, -0.05) is 91.1 Å². The van der Waals surface area contributed by atoms with Gasteiger partial charge in [-0.05, 0) is 43.1 Å². The van der Waals surface area contributed by atoms with E-state index < -0.39 is 54.4 Å². The Hall–Kier alpha value is -4.15. The topological polar surface area (TPSA) is 192 Å². The second-order valence-corrected chi connectivity index (χ2v) is 18.8. The van der Waals surface area contributed by atoms with Gasteiger partial charge >= 0.3 is 6.09 Å². The average Bonchev–Trinajstić information content (AvgIpc) is 3.82. The van der Waals surface area contributed by atoms with Crippen LogP contribution < -0.4 is 5.32 Å². The summed E-state index contributed by atoms with van der Waals surface area (Å²) in [5.41, 5.74) is 0.691. The molecule has 0 radical (unpaired) electrons. The Labute approximate surface area is 412 Å². The molecule has 69 heavy (non-hydrogen) atoms. The van der Waals surface area contributed by atoms with Crippen LogP contribution in [0.1, 0.15) is 99.2 Å². The van der Waals surface area contributed by atoms with Crippen LogP contribution in [-0.4, -0.2) is 180 Å². The molecule has 1 saturated heterocycles. The minimum Gasteiger partial charge on any atom is -0.447 e. The van der Waals surface area contributed by atoms with E-state index in [2.05, 4.69) is 11.2 Å². The molecule has 1 fully saturated rings. The molecule has 392 valence electrons. The number of nitrogens with one attached hydrogen (secondary N) is 1. The highest BCUT2D eigenvalue weighted by Gasteiger charge is 2.44. The number of ether oxygens (including phenoxy) is 7. The molecule has 17 heteroatoms. The van der Waals surface area contributed by atoms with Crippen molar-refractivity contribution in [3.05, 3.63) is 35.9 Å². The molecule has 0 bridgehead atoms. The number of likely N-dealkylation sites (N-methyl/N-ethyl adjacent to an activating group) is 2. The molecule has 1 aliphatic rings. The van der Waals surface area contributed by atoms with Gasteiger partial charge in [-0.2, -0.15) is 0 Å². The maximum Gasteiger partial charge on any atom is 0.410 e. The van der Waals surface area contributed by atoms with Gasteiger partial charge < -0.3 is 58.3 Å². The third-order valence-electron chi connectivity index (χ3n) is 13.2. The molecular weight excluding hydrogens is 889 g/mol. The number of terminal acetylenes is 1. The molecule has 0 aliphatic carbocycles. The third-order valence-corrected chi connectivity index (χ3v) is 13.2. The summed E-state index contributed by atoms with van der Waals surface area (Å²) in [6, 6.07) is 6.81. The van der Waals surface area contributed by atoms with Crippen LogP contribution in [0.2, 0.25) is 0 Å². The Morgan fingerprint density at radius 3 is 1.91 bits per heavy atom. The first-order valence-electron chi connectivity index (χ1n) is 24.7.